The van der Waals surface area contributed by atoms with Crippen LogP contribution in [0.5, 0.6) is 0 Å². The van der Waals surface area contributed by atoms with Crippen LogP contribution in [0.1, 0.15) is 47.7 Å². The highest BCUT2D eigenvalue weighted by molar-refractivity contribution is 7.11. The Bertz CT molecular complexity index is 587. The molecule has 1 aromatic rings. The van der Waals surface area contributed by atoms with Gasteiger partial charge in [-0.1, -0.05) is 0 Å². The molecule has 0 amide bonds. The molecule has 1 saturated carbocycles. The van der Waals surface area contributed by atoms with E-state index in [1.165, 1.54) is 41.3 Å². The average molecular weight is 380 g/mol. The van der Waals surface area contributed by atoms with Crippen molar-refractivity contribution in [3.8, 4) is 0 Å². The van der Waals surface area contributed by atoms with Crippen molar-refractivity contribution in [3.05, 3.63) is 15.6 Å². The number of ether oxygens (including phenoxy) is 1. The lowest BCUT2D eigenvalue weighted by Gasteiger charge is -2.56. The summed E-state index contributed by atoms with van der Waals surface area (Å²) in [6.45, 7) is 4.80. The zero-order valence-electron chi connectivity index (χ0n) is 16.2. The Hall–Kier alpha value is -0.530. The zero-order chi connectivity index (χ0) is 18.1. The van der Waals surface area contributed by atoms with Crippen molar-refractivity contribution in [1.82, 2.24) is 14.8 Å². The van der Waals surface area contributed by atoms with E-state index in [0.717, 1.165) is 52.0 Å². The maximum Gasteiger partial charge on any atom is 0.107 e. The van der Waals surface area contributed by atoms with Crippen LogP contribution in [-0.4, -0.2) is 72.4 Å². The molecule has 146 valence electrons. The number of fused-ring (bicyclic) bond motifs is 1. The third-order valence-corrected chi connectivity index (χ3v) is 7.78. The van der Waals surface area contributed by atoms with Gasteiger partial charge in [-0.15, -0.1) is 11.3 Å². The fraction of sp³-hybridized carbons (Fsp3) is 0.850. The highest BCUT2D eigenvalue weighted by Crippen LogP contribution is 2.51. The van der Waals surface area contributed by atoms with Gasteiger partial charge in [-0.2, -0.15) is 0 Å². The number of nitrogens with zero attached hydrogens (tertiary/aromatic N) is 3. The molecule has 3 aliphatic rings. The Morgan fingerprint density at radius 3 is 2.73 bits per heavy atom. The molecule has 6 heteroatoms. The van der Waals surface area contributed by atoms with E-state index < -0.39 is 0 Å². The third-order valence-electron chi connectivity index (χ3n) is 6.64. The average Bonchev–Trinajstić information content (AvgIpc) is 3.03. The molecule has 0 bridgehead atoms. The van der Waals surface area contributed by atoms with Gasteiger partial charge in [0.1, 0.15) is 5.01 Å². The SMILES string of the molecule is CN(C)CCO[C@H]1C[C@@H](O)C12CCN(Cc1nc3c(s1)CCCC3)CC2. The molecule has 1 N–H and O–H groups in total. The van der Waals surface area contributed by atoms with Gasteiger partial charge in [0, 0.05) is 23.3 Å². The van der Waals surface area contributed by atoms with Crippen molar-refractivity contribution in [1.29, 1.82) is 0 Å². The first-order valence-electron chi connectivity index (χ1n) is 10.2. The number of likely N-dealkylation sites (tertiary alicyclic amines) is 1. The Balaban J connectivity index is 1.29. The van der Waals surface area contributed by atoms with Crippen molar-refractivity contribution < 1.29 is 9.84 Å². The second-order valence-electron chi connectivity index (χ2n) is 8.61. The van der Waals surface area contributed by atoms with Gasteiger partial charge in [0.2, 0.25) is 0 Å². The van der Waals surface area contributed by atoms with Crippen LogP contribution < -0.4 is 0 Å². The zero-order valence-corrected chi connectivity index (χ0v) is 17.1. The maximum absolute atomic E-state index is 10.5. The van der Waals surface area contributed by atoms with Gasteiger partial charge in [-0.3, -0.25) is 4.90 Å². The normalized spacial score (nSPS) is 28.3. The molecule has 1 aliphatic heterocycles. The monoisotopic (exact) mass is 379 g/mol. The molecule has 2 atom stereocenters. The predicted molar refractivity (Wildman–Crippen MR) is 105 cm³/mol. The minimum Gasteiger partial charge on any atom is -0.392 e. The summed E-state index contributed by atoms with van der Waals surface area (Å²) in [5.74, 6) is 0. The van der Waals surface area contributed by atoms with E-state index in [4.69, 9.17) is 9.72 Å². The van der Waals surface area contributed by atoms with Crippen molar-refractivity contribution in [2.24, 2.45) is 5.41 Å². The minimum atomic E-state index is -0.179. The fourth-order valence-electron chi connectivity index (χ4n) is 4.78. The van der Waals surface area contributed by atoms with Gasteiger partial charge in [0.05, 0.1) is 31.1 Å². The van der Waals surface area contributed by atoms with Crippen LogP contribution >= 0.6 is 11.3 Å². The van der Waals surface area contributed by atoms with E-state index in [2.05, 4.69) is 23.9 Å². The summed E-state index contributed by atoms with van der Waals surface area (Å²) in [7, 11) is 4.15. The molecular formula is C20H33N3O2S. The summed E-state index contributed by atoms with van der Waals surface area (Å²) in [5, 5.41) is 11.8. The summed E-state index contributed by atoms with van der Waals surface area (Å²) in [6.07, 6.45) is 8.00. The van der Waals surface area contributed by atoms with Crippen molar-refractivity contribution in [2.45, 2.75) is 63.7 Å². The standard InChI is InChI=1S/C20H33N3O2S/c1-22(2)11-12-25-18-13-17(24)20(18)7-9-23(10-8-20)14-19-21-15-5-3-4-6-16(15)26-19/h17-18,24H,3-14H2,1-2H3/t17-,18+/m1/s1. The topological polar surface area (TPSA) is 48.8 Å². The summed E-state index contributed by atoms with van der Waals surface area (Å²) in [6, 6.07) is 0. The van der Waals surface area contributed by atoms with Gasteiger partial charge >= 0.3 is 0 Å². The molecule has 0 unspecified atom stereocenters. The number of aliphatic hydroxyl groups excluding tert-OH is 1. The lowest BCUT2D eigenvalue weighted by molar-refractivity contribution is -0.212. The van der Waals surface area contributed by atoms with Crippen LogP contribution in [0.4, 0.5) is 0 Å². The van der Waals surface area contributed by atoms with E-state index in [9.17, 15) is 5.11 Å². The molecule has 5 nitrogen and oxygen atoms in total. The number of aryl methyl sites for hydroxylation is 2. The van der Waals surface area contributed by atoms with Crippen molar-refractivity contribution >= 4 is 11.3 Å². The molecule has 1 saturated heterocycles. The summed E-state index contributed by atoms with van der Waals surface area (Å²) >= 11 is 1.93. The number of piperidine rings is 1. The van der Waals surface area contributed by atoms with Gasteiger partial charge < -0.3 is 14.7 Å². The number of hydrogen-bond donors (Lipinski definition) is 1. The van der Waals surface area contributed by atoms with Gasteiger partial charge in [-0.25, -0.2) is 4.98 Å². The number of thiazole rings is 1. The van der Waals surface area contributed by atoms with E-state index in [-0.39, 0.29) is 17.6 Å². The maximum atomic E-state index is 10.5. The lowest BCUT2D eigenvalue weighted by Crippen LogP contribution is -2.62. The molecule has 26 heavy (non-hydrogen) atoms. The Morgan fingerprint density at radius 1 is 1.27 bits per heavy atom. The van der Waals surface area contributed by atoms with Crippen molar-refractivity contribution in [3.63, 3.8) is 0 Å². The Kier molecular flexibility index (Phi) is 5.67. The van der Waals surface area contributed by atoms with Gasteiger partial charge in [0.25, 0.3) is 0 Å². The molecule has 4 rings (SSSR count). The van der Waals surface area contributed by atoms with E-state index in [1.54, 1.807) is 0 Å². The third kappa shape index (κ3) is 3.72. The smallest absolute Gasteiger partial charge is 0.107 e. The van der Waals surface area contributed by atoms with Gasteiger partial charge in [0.15, 0.2) is 0 Å². The number of rotatable bonds is 6. The second kappa shape index (κ2) is 7.84. The quantitative estimate of drug-likeness (QED) is 0.822. The first-order chi connectivity index (χ1) is 12.6. The first-order valence-corrected chi connectivity index (χ1v) is 11.0. The van der Waals surface area contributed by atoms with E-state index in [1.807, 2.05) is 11.3 Å². The summed E-state index contributed by atoms with van der Waals surface area (Å²) in [4.78, 5) is 11.1. The number of aliphatic hydroxyl groups is 1. The number of aromatic nitrogens is 1. The number of likely N-dealkylation sites (N-methyl/N-ethyl adjacent to an activating group) is 1. The largest absolute Gasteiger partial charge is 0.392 e. The van der Waals surface area contributed by atoms with Crippen molar-refractivity contribution in [2.75, 3.05) is 40.3 Å². The Morgan fingerprint density at radius 2 is 2.04 bits per heavy atom. The van der Waals surface area contributed by atoms with Crippen LogP contribution in [0.25, 0.3) is 0 Å². The lowest BCUT2D eigenvalue weighted by atomic mass is 9.58. The van der Waals surface area contributed by atoms with Crippen LogP contribution in [0.15, 0.2) is 0 Å². The molecule has 0 radical (unpaired) electrons. The van der Waals surface area contributed by atoms with Crippen LogP contribution in [0.2, 0.25) is 0 Å². The molecule has 1 aromatic heterocycles. The van der Waals surface area contributed by atoms with Crippen LogP contribution in [0, 0.1) is 5.41 Å². The summed E-state index contributed by atoms with van der Waals surface area (Å²) < 4.78 is 6.13. The number of hydrogen-bond acceptors (Lipinski definition) is 6. The first kappa shape index (κ1) is 18.8. The second-order valence-corrected chi connectivity index (χ2v) is 9.78. The highest BCUT2D eigenvalue weighted by Gasteiger charge is 2.56. The fourth-order valence-corrected chi connectivity index (χ4v) is 5.98. The minimum absolute atomic E-state index is 0.00489. The molecule has 0 aromatic carbocycles. The molecule has 2 aliphatic carbocycles. The summed E-state index contributed by atoms with van der Waals surface area (Å²) in [5.41, 5.74) is 1.37. The van der Waals surface area contributed by atoms with Crippen LogP contribution in [0.3, 0.4) is 0 Å². The van der Waals surface area contributed by atoms with Crippen LogP contribution in [-0.2, 0) is 24.1 Å². The molecule has 1 spiro atoms. The highest BCUT2D eigenvalue weighted by atomic mass is 32.1. The Labute approximate surface area is 161 Å². The molecule has 2 heterocycles. The van der Waals surface area contributed by atoms with Gasteiger partial charge in [-0.05, 0) is 65.7 Å². The molecule has 2 fully saturated rings. The predicted octanol–water partition coefficient (Wildman–Crippen LogP) is 2.32. The molecular weight excluding hydrogens is 346 g/mol. The van der Waals surface area contributed by atoms with E-state index in [0.29, 0.717) is 0 Å². The van der Waals surface area contributed by atoms with E-state index >= 15 is 0 Å².